The highest BCUT2D eigenvalue weighted by molar-refractivity contribution is 5.42. The van der Waals surface area contributed by atoms with Crippen LogP contribution in [-0.2, 0) is 4.74 Å². The zero-order valence-electron chi connectivity index (χ0n) is 12.5. The number of aryl methyl sites for hydroxylation is 1. The maximum atomic E-state index is 5.79. The second-order valence-electron chi connectivity index (χ2n) is 4.89. The summed E-state index contributed by atoms with van der Waals surface area (Å²) in [4.78, 5) is 0. The van der Waals surface area contributed by atoms with E-state index in [0.29, 0.717) is 13.2 Å². The Bertz CT molecular complexity index is 572. The van der Waals surface area contributed by atoms with Gasteiger partial charge >= 0.3 is 0 Å². The summed E-state index contributed by atoms with van der Waals surface area (Å²) in [5.41, 5.74) is 6.21. The average molecular weight is 286 g/mol. The van der Waals surface area contributed by atoms with Crippen LogP contribution >= 0.6 is 0 Å². The lowest BCUT2D eigenvalue weighted by Gasteiger charge is -2.20. The van der Waals surface area contributed by atoms with E-state index in [1.54, 1.807) is 7.11 Å². The van der Waals surface area contributed by atoms with Crippen LogP contribution < -0.4 is 16.0 Å². The number of methoxy groups -OCH3 is 1. The lowest BCUT2D eigenvalue weighted by molar-refractivity contribution is 0.145. The first-order valence-electron chi connectivity index (χ1n) is 6.99. The predicted molar refractivity (Wildman–Crippen MR) is 84.2 cm³/mol. The monoisotopic (exact) mass is 286 g/mol. The number of para-hydroxylation sites is 1. The van der Waals surface area contributed by atoms with Gasteiger partial charge in [0.25, 0.3) is 0 Å². The SMILES string of the molecule is COCCOc1ccccc1C(NN)c1cccc(C)c1. The molecule has 0 heterocycles. The first kappa shape index (κ1) is 15.5. The molecule has 112 valence electrons. The van der Waals surface area contributed by atoms with Gasteiger partial charge in [-0.15, -0.1) is 0 Å². The van der Waals surface area contributed by atoms with Crippen LogP contribution in [0, 0.1) is 6.92 Å². The van der Waals surface area contributed by atoms with Crippen molar-refractivity contribution < 1.29 is 9.47 Å². The van der Waals surface area contributed by atoms with Crippen molar-refractivity contribution in [2.45, 2.75) is 13.0 Å². The van der Waals surface area contributed by atoms with Gasteiger partial charge in [0.15, 0.2) is 0 Å². The van der Waals surface area contributed by atoms with Crippen molar-refractivity contribution >= 4 is 0 Å². The quantitative estimate of drug-likeness (QED) is 0.466. The van der Waals surface area contributed by atoms with E-state index >= 15 is 0 Å². The van der Waals surface area contributed by atoms with Crippen LogP contribution in [0.5, 0.6) is 5.75 Å². The lowest BCUT2D eigenvalue weighted by Crippen LogP contribution is -2.29. The van der Waals surface area contributed by atoms with Gasteiger partial charge in [-0.05, 0) is 18.6 Å². The molecule has 0 saturated heterocycles. The van der Waals surface area contributed by atoms with E-state index in [1.807, 2.05) is 30.3 Å². The summed E-state index contributed by atoms with van der Waals surface area (Å²) in [6, 6.07) is 16.1. The van der Waals surface area contributed by atoms with Gasteiger partial charge in [-0.3, -0.25) is 5.84 Å². The molecule has 0 radical (unpaired) electrons. The van der Waals surface area contributed by atoms with Gasteiger partial charge in [0.05, 0.1) is 12.6 Å². The van der Waals surface area contributed by atoms with Crippen molar-refractivity contribution in [3.8, 4) is 5.75 Å². The minimum absolute atomic E-state index is 0.108. The lowest BCUT2D eigenvalue weighted by atomic mass is 9.97. The van der Waals surface area contributed by atoms with Crippen LogP contribution in [0.3, 0.4) is 0 Å². The predicted octanol–water partition coefficient (Wildman–Crippen LogP) is 2.57. The molecule has 1 unspecified atom stereocenters. The Balaban J connectivity index is 2.29. The van der Waals surface area contributed by atoms with Gasteiger partial charge in [0, 0.05) is 12.7 Å². The fourth-order valence-electron chi connectivity index (χ4n) is 2.30. The molecule has 2 aromatic rings. The zero-order valence-corrected chi connectivity index (χ0v) is 12.5. The summed E-state index contributed by atoms with van der Waals surface area (Å²) in [5.74, 6) is 6.60. The van der Waals surface area contributed by atoms with Crippen LogP contribution in [-0.4, -0.2) is 20.3 Å². The Labute approximate surface area is 125 Å². The van der Waals surface area contributed by atoms with E-state index in [2.05, 4.69) is 30.5 Å². The summed E-state index contributed by atoms with van der Waals surface area (Å²) < 4.78 is 10.8. The third-order valence-electron chi connectivity index (χ3n) is 3.32. The summed E-state index contributed by atoms with van der Waals surface area (Å²) in [7, 11) is 1.66. The number of hydrogen-bond donors (Lipinski definition) is 2. The van der Waals surface area contributed by atoms with E-state index in [0.717, 1.165) is 16.9 Å². The van der Waals surface area contributed by atoms with Gasteiger partial charge in [0.1, 0.15) is 12.4 Å². The summed E-state index contributed by atoms with van der Waals surface area (Å²) in [6.45, 7) is 3.14. The number of rotatable bonds is 7. The summed E-state index contributed by atoms with van der Waals surface area (Å²) in [5, 5.41) is 0. The van der Waals surface area contributed by atoms with Crippen LogP contribution in [0.4, 0.5) is 0 Å². The maximum absolute atomic E-state index is 5.79. The minimum Gasteiger partial charge on any atom is -0.491 e. The highest BCUT2D eigenvalue weighted by atomic mass is 16.5. The number of ether oxygens (including phenoxy) is 2. The maximum Gasteiger partial charge on any atom is 0.124 e. The first-order valence-corrected chi connectivity index (χ1v) is 6.99. The van der Waals surface area contributed by atoms with E-state index < -0.39 is 0 Å². The van der Waals surface area contributed by atoms with E-state index in [9.17, 15) is 0 Å². The first-order chi connectivity index (χ1) is 10.3. The molecule has 0 spiro atoms. The molecular weight excluding hydrogens is 264 g/mol. The Kier molecular flexibility index (Phi) is 5.75. The molecule has 0 saturated carbocycles. The van der Waals surface area contributed by atoms with Gasteiger partial charge < -0.3 is 9.47 Å². The Morgan fingerprint density at radius 3 is 2.62 bits per heavy atom. The van der Waals surface area contributed by atoms with E-state index in [4.69, 9.17) is 15.3 Å². The fourth-order valence-corrected chi connectivity index (χ4v) is 2.30. The standard InChI is InChI=1S/C17H22N2O2/c1-13-6-5-7-14(12-13)17(19-18)15-8-3-4-9-16(15)21-11-10-20-2/h3-9,12,17,19H,10-11,18H2,1-2H3. The van der Waals surface area contributed by atoms with Crippen molar-refractivity contribution in [2.24, 2.45) is 5.84 Å². The third-order valence-corrected chi connectivity index (χ3v) is 3.32. The van der Waals surface area contributed by atoms with E-state index in [1.165, 1.54) is 5.56 Å². The fraction of sp³-hybridized carbons (Fsp3) is 0.294. The second kappa shape index (κ2) is 7.78. The molecule has 0 amide bonds. The number of nitrogens with two attached hydrogens (primary N) is 1. The van der Waals surface area contributed by atoms with Crippen molar-refractivity contribution in [3.05, 3.63) is 65.2 Å². The molecule has 21 heavy (non-hydrogen) atoms. The van der Waals surface area contributed by atoms with Crippen molar-refractivity contribution in [1.82, 2.24) is 5.43 Å². The van der Waals surface area contributed by atoms with Crippen LogP contribution in [0.1, 0.15) is 22.7 Å². The number of benzene rings is 2. The molecule has 4 heteroatoms. The van der Waals surface area contributed by atoms with Crippen molar-refractivity contribution in [1.29, 1.82) is 0 Å². The Hall–Kier alpha value is -1.88. The van der Waals surface area contributed by atoms with Crippen molar-refractivity contribution in [2.75, 3.05) is 20.3 Å². The molecule has 0 fully saturated rings. The largest absolute Gasteiger partial charge is 0.491 e. The van der Waals surface area contributed by atoms with Crippen LogP contribution in [0.25, 0.3) is 0 Å². The summed E-state index contributed by atoms with van der Waals surface area (Å²) >= 11 is 0. The van der Waals surface area contributed by atoms with E-state index in [-0.39, 0.29) is 6.04 Å². The molecule has 3 N–H and O–H groups in total. The molecule has 4 nitrogen and oxygen atoms in total. The molecule has 0 aliphatic carbocycles. The van der Waals surface area contributed by atoms with Crippen LogP contribution in [0.2, 0.25) is 0 Å². The molecule has 1 atom stereocenters. The van der Waals surface area contributed by atoms with Gasteiger partial charge in [0.2, 0.25) is 0 Å². The molecule has 0 aliphatic heterocycles. The Morgan fingerprint density at radius 2 is 1.90 bits per heavy atom. The second-order valence-corrected chi connectivity index (χ2v) is 4.89. The zero-order chi connectivity index (χ0) is 15.1. The number of hydrogen-bond acceptors (Lipinski definition) is 4. The average Bonchev–Trinajstić information content (AvgIpc) is 2.50. The molecule has 0 aliphatic rings. The molecular formula is C17H22N2O2. The molecule has 0 bridgehead atoms. The molecule has 0 aromatic heterocycles. The smallest absolute Gasteiger partial charge is 0.124 e. The summed E-state index contributed by atoms with van der Waals surface area (Å²) in [6.07, 6.45) is 0. The highest BCUT2D eigenvalue weighted by Gasteiger charge is 2.16. The normalized spacial score (nSPS) is 12.1. The third kappa shape index (κ3) is 4.04. The topological polar surface area (TPSA) is 56.5 Å². The van der Waals surface area contributed by atoms with Gasteiger partial charge in [-0.1, -0.05) is 48.0 Å². The number of hydrazine groups is 1. The minimum atomic E-state index is -0.108. The van der Waals surface area contributed by atoms with Gasteiger partial charge in [-0.25, -0.2) is 5.43 Å². The van der Waals surface area contributed by atoms with Crippen LogP contribution in [0.15, 0.2) is 48.5 Å². The highest BCUT2D eigenvalue weighted by Crippen LogP contribution is 2.29. The van der Waals surface area contributed by atoms with Gasteiger partial charge in [-0.2, -0.15) is 0 Å². The number of nitrogens with one attached hydrogen (secondary N) is 1. The molecule has 2 rings (SSSR count). The Morgan fingerprint density at radius 1 is 1.10 bits per heavy atom. The molecule has 2 aromatic carbocycles. The van der Waals surface area contributed by atoms with Crippen molar-refractivity contribution in [3.63, 3.8) is 0 Å².